The number of carbonyl (C=O) groups is 1. The number of ether oxygens (including phenoxy) is 1. The monoisotopic (exact) mass is 292 g/mol. The van der Waals surface area contributed by atoms with E-state index in [4.69, 9.17) is 10.6 Å². The van der Waals surface area contributed by atoms with Gasteiger partial charge in [0.1, 0.15) is 5.71 Å². The second kappa shape index (κ2) is 5.36. The molecule has 1 aliphatic heterocycles. The first-order chi connectivity index (χ1) is 9.93. The van der Waals surface area contributed by atoms with Crippen LogP contribution < -0.4 is 5.84 Å². The summed E-state index contributed by atoms with van der Waals surface area (Å²) in [5.41, 5.74) is -1.20. The summed E-state index contributed by atoms with van der Waals surface area (Å²) < 4.78 is 4.84. The summed E-state index contributed by atoms with van der Waals surface area (Å²) in [4.78, 5) is 31.2. The van der Waals surface area contributed by atoms with Crippen LogP contribution in [0, 0.1) is 20.2 Å². The number of hydrogen-bond acceptors (Lipinski definition) is 8. The quantitative estimate of drug-likeness (QED) is 0.285. The third-order valence-electron chi connectivity index (χ3n) is 2.68. The Morgan fingerprint density at radius 1 is 1.29 bits per heavy atom. The van der Waals surface area contributed by atoms with Crippen molar-refractivity contribution in [1.82, 2.24) is 0 Å². The van der Waals surface area contributed by atoms with E-state index in [1.807, 2.05) is 0 Å². The van der Waals surface area contributed by atoms with E-state index in [1.54, 1.807) is 0 Å². The van der Waals surface area contributed by atoms with Gasteiger partial charge in [0.25, 0.3) is 11.4 Å². The number of hydrazone groups is 1. The summed E-state index contributed by atoms with van der Waals surface area (Å²) in [5.74, 6) is 4.64. The number of esters is 1. The largest absolute Gasteiger partial charge is 0.424 e. The Kier molecular flexibility index (Phi) is 3.61. The number of nitrogens with two attached hydrogens (primary N) is 1. The molecule has 0 aromatic heterocycles. The topological polar surface area (TPSA) is 151 Å². The highest BCUT2D eigenvalue weighted by molar-refractivity contribution is 6.15. The van der Waals surface area contributed by atoms with Crippen LogP contribution in [-0.4, -0.2) is 21.5 Å². The number of carbonyl (C=O) groups excluding carboxylic acids is 1. The molecule has 0 atom stereocenters. The molecule has 10 nitrogen and oxygen atoms in total. The highest BCUT2D eigenvalue weighted by Crippen LogP contribution is 2.28. The maximum absolute atomic E-state index is 11.1. The summed E-state index contributed by atoms with van der Waals surface area (Å²) >= 11 is 0. The Balaban J connectivity index is 2.54. The molecule has 0 bridgehead atoms. The fourth-order valence-electron chi connectivity index (χ4n) is 1.78. The second-order valence-corrected chi connectivity index (χ2v) is 3.94. The van der Waals surface area contributed by atoms with Gasteiger partial charge in [0.2, 0.25) is 0 Å². The number of nitro benzene ring substituents is 2. The van der Waals surface area contributed by atoms with Gasteiger partial charge in [-0.1, -0.05) is 0 Å². The number of nitro groups is 2. The minimum absolute atomic E-state index is 0.00483. The SMILES string of the molecule is NN=C(C1=CCC(=O)O1)c1ccc([N+](=O)[O-])cc1[N+](=O)[O-]. The first-order valence-electron chi connectivity index (χ1n) is 5.56. The third-order valence-corrected chi connectivity index (χ3v) is 2.68. The van der Waals surface area contributed by atoms with Crippen molar-refractivity contribution in [3.8, 4) is 0 Å². The molecule has 10 heteroatoms. The van der Waals surface area contributed by atoms with Crippen LogP contribution >= 0.6 is 0 Å². The molecule has 108 valence electrons. The summed E-state index contributed by atoms with van der Waals surface area (Å²) in [7, 11) is 0. The van der Waals surface area contributed by atoms with Gasteiger partial charge in [-0.2, -0.15) is 5.10 Å². The van der Waals surface area contributed by atoms with Crippen molar-refractivity contribution in [2.45, 2.75) is 6.42 Å². The second-order valence-electron chi connectivity index (χ2n) is 3.94. The maximum atomic E-state index is 11.1. The lowest BCUT2D eigenvalue weighted by molar-refractivity contribution is -0.394. The zero-order chi connectivity index (χ0) is 15.6. The van der Waals surface area contributed by atoms with Crippen LogP contribution in [0.25, 0.3) is 0 Å². The van der Waals surface area contributed by atoms with Gasteiger partial charge in [0.15, 0.2) is 5.76 Å². The summed E-state index contributed by atoms with van der Waals surface area (Å²) in [6, 6.07) is 3.00. The van der Waals surface area contributed by atoms with Crippen LogP contribution in [-0.2, 0) is 9.53 Å². The van der Waals surface area contributed by atoms with Crippen molar-refractivity contribution < 1.29 is 19.4 Å². The Morgan fingerprint density at radius 3 is 2.48 bits per heavy atom. The third kappa shape index (κ3) is 2.68. The molecule has 2 rings (SSSR count). The minimum atomic E-state index is -0.801. The van der Waals surface area contributed by atoms with Crippen molar-refractivity contribution in [3.05, 3.63) is 55.8 Å². The van der Waals surface area contributed by atoms with Gasteiger partial charge in [-0.05, 0) is 12.1 Å². The average Bonchev–Trinajstić information content (AvgIpc) is 2.86. The van der Waals surface area contributed by atoms with Crippen LogP contribution in [0.2, 0.25) is 0 Å². The van der Waals surface area contributed by atoms with Gasteiger partial charge in [-0.15, -0.1) is 0 Å². The predicted molar refractivity (Wildman–Crippen MR) is 69.3 cm³/mol. The summed E-state index contributed by atoms with van der Waals surface area (Å²) in [5, 5.41) is 25.1. The average molecular weight is 292 g/mol. The molecule has 0 saturated heterocycles. The van der Waals surface area contributed by atoms with E-state index < -0.39 is 27.2 Å². The summed E-state index contributed by atoms with van der Waals surface area (Å²) in [6.07, 6.45) is 1.37. The van der Waals surface area contributed by atoms with E-state index in [1.165, 1.54) is 6.08 Å². The van der Waals surface area contributed by atoms with Crippen molar-refractivity contribution in [3.63, 3.8) is 0 Å². The van der Waals surface area contributed by atoms with E-state index in [2.05, 4.69) is 5.10 Å². The molecule has 0 aliphatic carbocycles. The number of nitrogens with zero attached hydrogens (tertiary/aromatic N) is 3. The molecule has 0 spiro atoms. The number of allylic oxidation sites excluding steroid dienone is 1. The first kappa shape index (κ1) is 14.1. The molecule has 0 amide bonds. The van der Waals surface area contributed by atoms with Crippen LogP contribution in [0.3, 0.4) is 0 Å². The zero-order valence-electron chi connectivity index (χ0n) is 10.4. The van der Waals surface area contributed by atoms with Crippen molar-refractivity contribution >= 4 is 23.1 Å². The van der Waals surface area contributed by atoms with Crippen molar-refractivity contribution in [2.24, 2.45) is 10.9 Å². The number of rotatable bonds is 4. The molecule has 0 saturated carbocycles. The lowest BCUT2D eigenvalue weighted by Crippen LogP contribution is -2.12. The Labute approximate surface area is 116 Å². The first-order valence-corrected chi connectivity index (χ1v) is 5.56. The number of non-ortho nitro benzene ring substituents is 1. The lowest BCUT2D eigenvalue weighted by Gasteiger charge is -2.06. The van der Waals surface area contributed by atoms with Crippen LogP contribution in [0.1, 0.15) is 12.0 Å². The van der Waals surface area contributed by atoms with Gasteiger partial charge in [-0.3, -0.25) is 25.0 Å². The highest BCUT2D eigenvalue weighted by atomic mass is 16.6. The van der Waals surface area contributed by atoms with Crippen LogP contribution in [0.4, 0.5) is 11.4 Å². The van der Waals surface area contributed by atoms with Crippen LogP contribution in [0.15, 0.2) is 35.1 Å². The van der Waals surface area contributed by atoms with Crippen molar-refractivity contribution in [2.75, 3.05) is 0 Å². The molecule has 1 aliphatic rings. The molecule has 0 fully saturated rings. The van der Waals surface area contributed by atoms with Gasteiger partial charge in [0.05, 0.1) is 27.9 Å². The Bertz CT molecular complexity index is 709. The smallest absolute Gasteiger partial charge is 0.315 e. The lowest BCUT2D eigenvalue weighted by atomic mass is 10.1. The Hall–Kier alpha value is -3.30. The van der Waals surface area contributed by atoms with Gasteiger partial charge in [-0.25, -0.2) is 0 Å². The number of hydrogen-bond donors (Lipinski definition) is 1. The van der Waals surface area contributed by atoms with Crippen LogP contribution in [0.5, 0.6) is 0 Å². The maximum Gasteiger partial charge on any atom is 0.315 e. The molecule has 1 aromatic carbocycles. The molecule has 2 N–H and O–H groups in total. The van der Waals surface area contributed by atoms with Gasteiger partial charge < -0.3 is 10.6 Å². The van der Waals surface area contributed by atoms with E-state index in [-0.39, 0.29) is 23.5 Å². The van der Waals surface area contributed by atoms with E-state index in [0.29, 0.717) is 0 Å². The van der Waals surface area contributed by atoms with E-state index in [9.17, 15) is 25.0 Å². The molecule has 1 aromatic rings. The highest BCUT2D eigenvalue weighted by Gasteiger charge is 2.28. The molecule has 1 heterocycles. The fourth-order valence-corrected chi connectivity index (χ4v) is 1.78. The number of benzene rings is 1. The molecule has 0 unspecified atom stereocenters. The van der Waals surface area contributed by atoms with E-state index >= 15 is 0 Å². The Morgan fingerprint density at radius 2 is 2.00 bits per heavy atom. The minimum Gasteiger partial charge on any atom is -0.424 e. The summed E-state index contributed by atoms with van der Waals surface area (Å²) in [6.45, 7) is 0. The molecule has 21 heavy (non-hydrogen) atoms. The van der Waals surface area contributed by atoms with Crippen molar-refractivity contribution in [1.29, 1.82) is 0 Å². The van der Waals surface area contributed by atoms with Gasteiger partial charge in [0, 0.05) is 6.07 Å². The zero-order valence-corrected chi connectivity index (χ0v) is 10.4. The normalized spacial score (nSPS) is 14.6. The molecular formula is C11H8N4O6. The molecule has 0 radical (unpaired) electrons. The van der Waals surface area contributed by atoms with E-state index in [0.717, 1.165) is 18.2 Å². The predicted octanol–water partition coefficient (Wildman–Crippen LogP) is 0.997. The number of cyclic esters (lactones) is 1. The van der Waals surface area contributed by atoms with Gasteiger partial charge >= 0.3 is 5.97 Å². The fraction of sp³-hybridized carbons (Fsp3) is 0.0909. The molecular weight excluding hydrogens is 284 g/mol. The standard InChI is InChI=1S/C11H8N4O6/c12-13-11(9-3-4-10(16)21-9)7-2-1-6(14(17)18)5-8(7)15(19)20/h1-3,5H,4,12H2.